The molecule has 4 aromatic heterocycles. The molecule has 0 saturated carbocycles. The molecule has 0 bridgehead atoms. The summed E-state index contributed by atoms with van der Waals surface area (Å²) in [7, 11) is 0. The van der Waals surface area contributed by atoms with Crippen LogP contribution in [0, 0.1) is 0 Å². The number of nitrogens with zero attached hydrogens (tertiary/aromatic N) is 1. The second-order valence-corrected chi connectivity index (χ2v) is 18.0. The Labute approximate surface area is 373 Å². The van der Waals surface area contributed by atoms with E-state index >= 15 is 0 Å². The van der Waals surface area contributed by atoms with E-state index in [2.05, 4.69) is 192 Å². The number of benzene rings is 8. The lowest BCUT2D eigenvalue weighted by Gasteiger charge is -2.33. The van der Waals surface area contributed by atoms with Crippen molar-refractivity contribution >= 4 is 118 Å². The molecule has 14 rings (SSSR count). The Morgan fingerprint density at radius 2 is 1.05 bits per heavy atom. The van der Waals surface area contributed by atoms with Crippen LogP contribution < -0.4 is 38.1 Å². The summed E-state index contributed by atoms with van der Waals surface area (Å²) in [6.07, 6.45) is 2.70. The lowest BCUT2D eigenvalue weighted by molar-refractivity contribution is 0.615. The van der Waals surface area contributed by atoms with Crippen LogP contribution in [0.5, 0.6) is 0 Å². The predicted molar refractivity (Wildman–Crippen MR) is 268 cm³/mol. The zero-order valence-corrected chi connectivity index (χ0v) is 35.3. The van der Waals surface area contributed by atoms with Crippen LogP contribution in [0.2, 0.25) is 0 Å². The minimum absolute atomic E-state index is 0.267. The zero-order valence-electron chi connectivity index (χ0n) is 34.5. The highest BCUT2D eigenvalue weighted by Crippen LogP contribution is 2.43. The molecule has 0 spiro atoms. The summed E-state index contributed by atoms with van der Waals surface area (Å²) in [5, 5.41) is 6.65. The number of rotatable bonds is 5. The van der Waals surface area contributed by atoms with Gasteiger partial charge in [0.15, 0.2) is 0 Å². The molecule has 0 radical (unpaired) electrons. The first-order valence-electron chi connectivity index (χ1n) is 21.9. The van der Waals surface area contributed by atoms with Crippen molar-refractivity contribution in [1.29, 1.82) is 0 Å². The van der Waals surface area contributed by atoms with Crippen molar-refractivity contribution < 1.29 is 13.3 Å². The van der Waals surface area contributed by atoms with E-state index in [-0.39, 0.29) is 13.4 Å². The van der Waals surface area contributed by atoms with E-state index in [1.54, 1.807) is 17.6 Å². The number of para-hydroxylation sites is 2. The molecule has 0 unspecified atom stereocenters. The minimum atomic E-state index is -0.268. The van der Waals surface area contributed by atoms with Crippen LogP contribution in [0.15, 0.2) is 213 Å². The zero-order chi connectivity index (χ0) is 41.9. The number of hydrogen-bond acceptors (Lipinski definition) is 5. The number of thiophene rings is 1. The van der Waals surface area contributed by atoms with E-state index in [1.165, 1.54) is 54.8 Å². The summed E-state index contributed by atoms with van der Waals surface area (Å²) >= 11 is 1.77. The van der Waals surface area contributed by atoms with E-state index in [9.17, 15) is 0 Å². The molecule has 0 aliphatic carbocycles. The molecule has 7 heteroatoms. The third-order valence-electron chi connectivity index (χ3n) is 13.7. The highest BCUT2D eigenvalue weighted by Gasteiger charge is 2.47. The van der Waals surface area contributed by atoms with Crippen molar-refractivity contribution in [1.82, 2.24) is 0 Å². The quantitative estimate of drug-likeness (QED) is 0.162. The van der Waals surface area contributed by atoms with Crippen LogP contribution >= 0.6 is 11.3 Å². The normalized spacial score (nSPS) is 13.2. The Morgan fingerprint density at radius 3 is 1.75 bits per heavy atom. The van der Waals surface area contributed by atoms with Crippen molar-refractivity contribution in [3.63, 3.8) is 0 Å². The van der Waals surface area contributed by atoms with Crippen molar-refractivity contribution in [2.75, 3.05) is 4.90 Å². The number of anilines is 3. The summed E-state index contributed by atoms with van der Waals surface area (Å²) in [5.74, 6) is 0. The van der Waals surface area contributed by atoms with Crippen LogP contribution in [-0.4, -0.2) is 13.4 Å². The maximum atomic E-state index is 7.33. The molecule has 64 heavy (non-hydrogen) atoms. The Hall–Kier alpha value is -7.73. The summed E-state index contributed by atoms with van der Waals surface area (Å²) in [6.45, 7) is -0.536. The molecule has 298 valence electrons. The highest BCUT2D eigenvalue weighted by atomic mass is 32.1. The van der Waals surface area contributed by atoms with Gasteiger partial charge in [-0.05, 0) is 110 Å². The van der Waals surface area contributed by atoms with Gasteiger partial charge in [0.1, 0.15) is 16.7 Å². The SMILES string of the molecule is c1ccc(-c2ccc(B3c4oc5ccc6occc6c5c4B(c4ccc(N5c6ccccc6Cc6ccccc65)cc4)c4oc5ccc6sccc6c5c43)cc2-c2ccccc2)cc1. The van der Waals surface area contributed by atoms with Gasteiger partial charge in [0.25, 0.3) is 13.4 Å². The van der Waals surface area contributed by atoms with E-state index in [1.807, 2.05) is 6.07 Å². The van der Waals surface area contributed by atoms with E-state index in [0.717, 1.165) is 78.2 Å². The molecule has 0 saturated heterocycles. The van der Waals surface area contributed by atoms with Crippen molar-refractivity contribution in [3.05, 3.63) is 211 Å². The second-order valence-electron chi connectivity index (χ2n) is 17.1. The van der Waals surface area contributed by atoms with Gasteiger partial charge < -0.3 is 18.2 Å². The van der Waals surface area contributed by atoms with Gasteiger partial charge in [0, 0.05) is 49.7 Å². The topological polar surface area (TPSA) is 42.7 Å². The van der Waals surface area contributed by atoms with E-state index in [4.69, 9.17) is 13.3 Å². The molecule has 0 amide bonds. The molecule has 0 N–H and O–H groups in total. The van der Waals surface area contributed by atoms with Crippen LogP contribution in [-0.2, 0) is 6.42 Å². The third-order valence-corrected chi connectivity index (χ3v) is 14.6. The van der Waals surface area contributed by atoms with Gasteiger partial charge in [0.2, 0.25) is 0 Å². The molecule has 2 aliphatic heterocycles. The van der Waals surface area contributed by atoms with Gasteiger partial charge in [0.05, 0.1) is 17.6 Å². The molecule has 0 fully saturated rings. The van der Waals surface area contributed by atoms with Crippen LogP contribution in [0.3, 0.4) is 0 Å². The lowest BCUT2D eigenvalue weighted by Crippen LogP contribution is -2.73. The maximum absolute atomic E-state index is 7.33. The number of fused-ring (bicyclic) bond motifs is 12. The average Bonchev–Trinajstić information content (AvgIpc) is 4.18. The Morgan fingerprint density at radius 1 is 0.469 bits per heavy atom. The first-order chi connectivity index (χ1) is 31.7. The Bertz CT molecular complexity index is 3740. The van der Waals surface area contributed by atoms with Crippen LogP contribution in [0.25, 0.3) is 65.2 Å². The predicted octanol–water partition coefficient (Wildman–Crippen LogP) is 11.2. The van der Waals surface area contributed by atoms with Crippen LogP contribution in [0.4, 0.5) is 17.1 Å². The molecule has 0 atom stereocenters. The molecule has 8 aromatic carbocycles. The van der Waals surface area contributed by atoms with E-state index < -0.39 is 0 Å². The van der Waals surface area contributed by atoms with Gasteiger partial charge in [-0.25, -0.2) is 0 Å². The monoisotopic (exact) mass is 835 g/mol. The number of hydrogen-bond donors (Lipinski definition) is 0. The number of furan rings is 3. The van der Waals surface area contributed by atoms with Gasteiger partial charge in [-0.1, -0.05) is 138 Å². The summed E-state index contributed by atoms with van der Waals surface area (Å²) in [4.78, 5) is 2.41. The average molecular weight is 836 g/mol. The molecule has 4 nitrogen and oxygen atoms in total. The smallest absolute Gasteiger partial charge is 0.290 e. The summed E-state index contributed by atoms with van der Waals surface area (Å²) < 4.78 is 22.0. The molecule has 2 aliphatic rings. The Kier molecular flexibility index (Phi) is 7.77. The second kappa shape index (κ2) is 13.9. The largest absolute Gasteiger partial charge is 0.471 e. The highest BCUT2D eigenvalue weighted by molar-refractivity contribution is 7.17. The van der Waals surface area contributed by atoms with Gasteiger partial charge >= 0.3 is 0 Å². The maximum Gasteiger partial charge on any atom is 0.290 e. The minimum Gasteiger partial charge on any atom is -0.471 e. The first kappa shape index (κ1) is 35.8. The fourth-order valence-corrected chi connectivity index (χ4v) is 11.7. The summed E-state index contributed by atoms with van der Waals surface area (Å²) in [5.41, 5.74) is 19.9. The molecule has 6 heterocycles. The van der Waals surface area contributed by atoms with Gasteiger partial charge in [-0.15, -0.1) is 11.3 Å². The Balaban J connectivity index is 1.04. The van der Waals surface area contributed by atoms with Crippen molar-refractivity contribution in [2.45, 2.75) is 6.42 Å². The van der Waals surface area contributed by atoms with Gasteiger partial charge in [-0.3, -0.25) is 0 Å². The van der Waals surface area contributed by atoms with Crippen LogP contribution in [0.1, 0.15) is 11.1 Å². The van der Waals surface area contributed by atoms with Crippen molar-refractivity contribution in [2.24, 2.45) is 0 Å². The first-order valence-corrected chi connectivity index (χ1v) is 22.8. The molecular weight excluding hydrogens is 800 g/mol. The lowest BCUT2D eigenvalue weighted by atomic mass is 9.23. The molecule has 12 aromatic rings. The fraction of sp³-hybridized carbons (Fsp3) is 0.0175. The van der Waals surface area contributed by atoms with Gasteiger partial charge in [-0.2, -0.15) is 0 Å². The van der Waals surface area contributed by atoms with Crippen molar-refractivity contribution in [3.8, 4) is 22.3 Å². The standard InChI is InChI=1S/C57H35B2NO3S/c1-3-11-35(12-4-1)42-24-21-40(34-45(42)36-13-5-2-6-14-36)59-55-53-44-30-32-64-51(44)28-27-50(53)63-56(55)58(54-52-43-29-31-61-48(43)25-26-49(52)62-57(54)59)39-19-22-41(23-20-39)60-46-17-9-7-15-37(46)33-38-16-8-10-18-47(38)60/h1-32,34H,33H2. The van der Waals surface area contributed by atoms with E-state index in [0.29, 0.717) is 0 Å². The summed E-state index contributed by atoms with van der Waals surface area (Å²) in [6, 6.07) is 68.0. The third kappa shape index (κ3) is 5.25. The molecular formula is C57H35B2NO3S. The fourth-order valence-electron chi connectivity index (χ4n) is 10.9.